The maximum absolute atomic E-state index is 13.3. The van der Waals surface area contributed by atoms with Gasteiger partial charge in [0.1, 0.15) is 4.90 Å². The van der Waals surface area contributed by atoms with E-state index in [9.17, 15) is 8.42 Å². The van der Waals surface area contributed by atoms with E-state index in [2.05, 4.69) is 4.98 Å². The SMILES string of the molecule is CN(C)CCN1c2ccccc2-c2[nH]c3ccccc3c2S1(=O)=O. The Kier molecular flexibility index (Phi) is 3.40. The van der Waals surface area contributed by atoms with Crippen molar-refractivity contribution in [1.29, 1.82) is 0 Å². The summed E-state index contributed by atoms with van der Waals surface area (Å²) in [5.74, 6) is 0. The summed E-state index contributed by atoms with van der Waals surface area (Å²) >= 11 is 0. The number of nitrogens with one attached hydrogen (secondary N) is 1. The highest BCUT2D eigenvalue weighted by molar-refractivity contribution is 7.93. The molecule has 2 heterocycles. The van der Waals surface area contributed by atoms with Gasteiger partial charge in [0.15, 0.2) is 0 Å². The van der Waals surface area contributed by atoms with Crippen LogP contribution in [0.15, 0.2) is 53.4 Å². The summed E-state index contributed by atoms with van der Waals surface area (Å²) in [6.45, 7) is 1.08. The molecule has 0 saturated carbocycles. The zero-order chi connectivity index (χ0) is 16.9. The maximum atomic E-state index is 13.3. The van der Waals surface area contributed by atoms with Crippen LogP contribution in [0.5, 0.6) is 0 Å². The Labute approximate surface area is 141 Å². The topological polar surface area (TPSA) is 56.4 Å². The number of H-pyrrole nitrogens is 1. The van der Waals surface area contributed by atoms with E-state index < -0.39 is 10.0 Å². The molecule has 0 bridgehead atoms. The Balaban J connectivity index is 2.01. The van der Waals surface area contributed by atoms with Crippen LogP contribution in [0.1, 0.15) is 0 Å². The number of para-hydroxylation sites is 2. The van der Waals surface area contributed by atoms with Gasteiger partial charge in [0.05, 0.1) is 11.4 Å². The molecule has 0 atom stereocenters. The molecule has 1 aliphatic rings. The molecule has 1 N–H and O–H groups in total. The van der Waals surface area contributed by atoms with Gasteiger partial charge in [-0.1, -0.05) is 36.4 Å². The first kappa shape index (κ1) is 15.2. The quantitative estimate of drug-likeness (QED) is 0.797. The first-order valence-corrected chi connectivity index (χ1v) is 9.32. The van der Waals surface area contributed by atoms with Crippen LogP contribution in [0.3, 0.4) is 0 Å². The van der Waals surface area contributed by atoms with Crippen molar-refractivity contribution in [2.24, 2.45) is 0 Å². The molecule has 0 fully saturated rings. The standard InChI is InChI=1S/C18H19N3O2S/c1-20(2)11-12-21-16-10-6-4-8-14(16)17-18(24(21,22)23)13-7-3-5-9-15(13)19-17/h3-10,19H,11-12H2,1-2H3. The van der Waals surface area contributed by atoms with Gasteiger partial charge in [0.25, 0.3) is 10.0 Å². The van der Waals surface area contributed by atoms with Crippen molar-refractivity contribution < 1.29 is 8.42 Å². The predicted octanol–water partition coefficient (Wildman–Crippen LogP) is 2.91. The minimum atomic E-state index is -3.60. The number of hydrogen-bond acceptors (Lipinski definition) is 3. The van der Waals surface area contributed by atoms with E-state index in [4.69, 9.17) is 0 Å². The van der Waals surface area contributed by atoms with Gasteiger partial charge in [0.2, 0.25) is 0 Å². The van der Waals surface area contributed by atoms with Crippen LogP contribution in [0.25, 0.3) is 22.2 Å². The van der Waals surface area contributed by atoms with E-state index in [1.54, 1.807) is 0 Å². The minimum Gasteiger partial charge on any atom is -0.353 e. The second kappa shape index (κ2) is 5.36. The van der Waals surface area contributed by atoms with Gasteiger partial charge in [-0.15, -0.1) is 0 Å². The van der Waals surface area contributed by atoms with Crippen LogP contribution in [0, 0.1) is 0 Å². The lowest BCUT2D eigenvalue weighted by atomic mass is 10.1. The number of benzene rings is 2. The Hall–Kier alpha value is -2.31. The predicted molar refractivity (Wildman–Crippen MR) is 96.8 cm³/mol. The number of nitrogens with zero attached hydrogens (tertiary/aromatic N) is 2. The molecule has 0 aliphatic carbocycles. The van der Waals surface area contributed by atoms with E-state index in [0.717, 1.165) is 22.2 Å². The van der Waals surface area contributed by atoms with Crippen LogP contribution in [-0.2, 0) is 10.0 Å². The largest absolute Gasteiger partial charge is 0.353 e. The van der Waals surface area contributed by atoms with Crippen molar-refractivity contribution in [3.05, 3.63) is 48.5 Å². The fourth-order valence-electron chi connectivity index (χ4n) is 3.25. The van der Waals surface area contributed by atoms with Gasteiger partial charge in [0, 0.05) is 29.6 Å². The van der Waals surface area contributed by atoms with Crippen molar-refractivity contribution in [2.45, 2.75) is 4.90 Å². The lowest BCUT2D eigenvalue weighted by Crippen LogP contribution is -2.38. The van der Waals surface area contributed by atoms with Gasteiger partial charge in [-0.3, -0.25) is 4.31 Å². The molecule has 0 spiro atoms. The smallest absolute Gasteiger partial charge is 0.267 e. The summed E-state index contributed by atoms with van der Waals surface area (Å²) in [7, 11) is 0.288. The van der Waals surface area contributed by atoms with Crippen molar-refractivity contribution in [3.63, 3.8) is 0 Å². The number of aromatic nitrogens is 1. The first-order chi connectivity index (χ1) is 11.5. The number of likely N-dealkylation sites (N-methyl/N-ethyl adjacent to an activating group) is 1. The molecule has 5 nitrogen and oxygen atoms in total. The fourth-order valence-corrected chi connectivity index (χ4v) is 5.08. The van der Waals surface area contributed by atoms with Gasteiger partial charge in [-0.05, 0) is 26.2 Å². The second-order valence-electron chi connectivity index (χ2n) is 6.27. The summed E-state index contributed by atoms with van der Waals surface area (Å²) in [6.07, 6.45) is 0. The van der Waals surface area contributed by atoms with Crippen molar-refractivity contribution in [2.75, 3.05) is 31.5 Å². The van der Waals surface area contributed by atoms with E-state index in [0.29, 0.717) is 23.7 Å². The minimum absolute atomic E-state index is 0.385. The molecule has 1 aromatic heterocycles. The number of hydrogen-bond donors (Lipinski definition) is 1. The highest BCUT2D eigenvalue weighted by Gasteiger charge is 2.37. The normalized spacial score (nSPS) is 15.5. The number of aromatic amines is 1. The molecule has 0 amide bonds. The third-order valence-electron chi connectivity index (χ3n) is 4.40. The van der Waals surface area contributed by atoms with Crippen molar-refractivity contribution >= 4 is 26.6 Å². The summed E-state index contributed by atoms with van der Waals surface area (Å²) in [4.78, 5) is 5.67. The lowest BCUT2D eigenvalue weighted by molar-refractivity contribution is 0.419. The summed E-state index contributed by atoms with van der Waals surface area (Å²) in [6, 6.07) is 15.2. The monoisotopic (exact) mass is 341 g/mol. The molecular formula is C18H19N3O2S. The Morgan fingerprint density at radius 1 is 1.04 bits per heavy atom. The zero-order valence-electron chi connectivity index (χ0n) is 13.7. The Morgan fingerprint density at radius 2 is 1.75 bits per heavy atom. The molecule has 0 saturated heterocycles. The molecule has 1 aliphatic heterocycles. The Bertz CT molecular complexity index is 1020. The third kappa shape index (κ3) is 2.14. The molecule has 0 radical (unpaired) electrons. The van der Waals surface area contributed by atoms with E-state index in [1.165, 1.54) is 4.31 Å². The molecule has 124 valence electrons. The van der Waals surface area contributed by atoms with Crippen molar-refractivity contribution in [3.8, 4) is 11.3 Å². The average molecular weight is 341 g/mol. The molecule has 3 aromatic rings. The molecule has 24 heavy (non-hydrogen) atoms. The van der Waals surface area contributed by atoms with Crippen molar-refractivity contribution in [1.82, 2.24) is 9.88 Å². The number of fused-ring (bicyclic) bond motifs is 5. The molecular weight excluding hydrogens is 322 g/mol. The van der Waals surface area contributed by atoms with Crippen LogP contribution in [-0.4, -0.2) is 45.5 Å². The molecule has 4 rings (SSSR count). The zero-order valence-corrected chi connectivity index (χ0v) is 14.5. The summed E-state index contributed by atoms with van der Waals surface area (Å²) < 4.78 is 28.2. The van der Waals surface area contributed by atoms with Crippen LogP contribution < -0.4 is 4.31 Å². The molecule has 0 unspecified atom stereocenters. The first-order valence-electron chi connectivity index (χ1n) is 7.88. The Morgan fingerprint density at radius 3 is 2.54 bits per heavy atom. The molecule has 2 aromatic carbocycles. The summed E-state index contributed by atoms with van der Waals surface area (Å²) in [5.41, 5.74) is 3.19. The van der Waals surface area contributed by atoms with Crippen LogP contribution in [0.4, 0.5) is 5.69 Å². The average Bonchev–Trinajstić information content (AvgIpc) is 2.95. The van der Waals surface area contributed by atoms with Gasteiger partial charge < -0.3 is 9.88 Å². The van der Waals surface area contributed by atoms with Gasteiger partial charge >= 0.3 is 0 Å². The van der Waals surface area contributed by atoms with Gasteiger partial charge in [-0.2, -0.15) is 0 Å². The van der Waals surface area contributed by atoms with Crippen LogP contribution in [0.2, 0.25) is 0 Å². The second-order valence-corrected chi connectivity index (χ2v) is 8.07. The summed E-state index contributed by atoms with van der Waals surface area (Å²) in [5, 5.41) is 0.747. The third-order valence-corrected chi connectivity index (χ3v) is 6.30. The lowest BCUT2D eigenvalue weighted by Gasteiger charge is -2.31. The van der Waals surface area contributed by atoms with E-state index in [-0.39, 0.29) is 0 Å². The molecule has 6 heteroatoms. The number of anilines is 1. The highest BCUT2D eigenvalue weighted by Crippen LogP contribution is 2.45. The number of rotatable bonds is 3. The van der Waals surface area contributed by atoms with E-state index in [1.807, 2.05) is 67.5 Å². The highest BCUT2D eigenvalue weighted by atomic mass is 32.2. The van der Waals surface area contributed by atoms with Gasteiger partial charge in [-0.25, -0.2) is 8.42 Å². The fraction of sp³-hybridized carbons (Fsp3) is 0.222. The van der Waals surface area contributed by atoms with E-state index >= 15 is 0 Å². The number of sulfonamides is 1. The van der Waals surface area contributed by atoms with Crippen LogP contribution >= 0.6 is 0 Å². The maximum Gasteiger partial charge on any atom is 0.267 e.